The summed E-state index contributed by atoms with van der Waals surface area (Å²) in [6.45, 7) is 4.78. The van der Waals surface area contributed by atoms with E-state index >= 15 is 0 Å². The number of ether oxygens (including phenoxy) is 1. The van der Waals surface area contributed by atoms with Crippen molar-refractivity contribution in [1.82, 2.24) is 14.8 Å². The molecule has 0 bridgehead atoms. The Labute approximate surface area is 196 Å². The Hall–Kier alpha value is -2.15. The van der Waals surface area contributed by atoms with Crippen LogP contribution in [0.2, 0.25) is 0 Å². The van der Waals surface area contributed by atoms with E-state index in [0.29, 0.717) is 25.6 Å². The van der Waals surface area contributed by atoms with Gasteiger partial charge >= 0.3 is 0 Å². The van der Waals surface area contributed by atoms with E-state index in [4.69, 9.17) is 4.74 Å². The van der Waals surface area contributed by atoms with E-state index in [0.717, 1.165) is 58.0 Å². The lowest BCUT2D eigenvalue weighted by atomic mass is 9.96. The predicted molar refractivity (Wildman–Crippen MR) is 128 cm³/mol. The number of carbonyl (C=O) groups is 2. The lowest BCUT2D eigenvalue weighted by Gasteiger charge is -2.30. The summed E-state index contributed by atoms with van der Waals surface area (Å²) in [4.78, 5) is 41.7. The van der Waals surface area contributed by atoms with Crippen LogP contribution in [0.1, 0.15) is 98.3 Å². The Morgan fingerprint density at radius 2 is 1.61 bits per heavy atom. The smallest absolute Gasteiger partial charge is 0.259 e. The summed E-state index contributed by atoms with van der Waals surface area (Å²) in [5.74, 6) is -0.0201. The van der Waals surface area contributed by atoms with Crippen LogP contribution >= 0.6 is 0 Å². The van der Waals surface area contributed by atoms with E-state index in [2.05, 4.69) is 12.2 Å². The van der Waals surface area contributed by atoms with Crippen molar-refractivity contribution in [2.24, 2.45) is 5.92 Å². The Bertz CT molecular complexity index is 874. The van der Waals surface area contributed by atoms with E-state index in [1.54, 1.807) is 17.3 Å². The van der Waals surface area contributed by atoms with Gasteiger partial charge in [-0.05, 0) is 44.4 Å². The first-order valence-corrected chi connectivity index (χ1v) is 13.0. The van der Waals surface area contributed by atoms with Gasteiger partial charge in [-0.3, -0.25) is 14.4 Å². The molecule has 1 aliphatic carbocycles. The molecule has 1 unspecified atom stereocenters. The number of nitrogens with zero attached hydrogens (tertiary/aromatic N) is 2. The number of amides is 2. The molecule has 33 heavy (non-hydrogen) atoms. The SMILES string of the molecule is CC1CCN(C(=O)c2cn(CC3CCCO3)cc(C(=O)NC3CCCCCCC3)c2=O)CC1. The molecule has 0 aromatic carbocycles. The van der Waals surface area contributed by atoms with Crippen LogP contribution in [0, 0.1) is 5.92 Å². The molecule has 4 rings (SSSR count). The first kappa shape index (κ1) is 24.0. The molecule has 2 aliphatic heterocycles. The van der Waals surface area contributed by atoms with Gasteiger partial charge in [0.25, 0.3) is 11.8 Å². The van der Waals surface area contributed by atoms with Crippen LogP contribution in [0.5, 0.6) is 0 Å². The van der Waals surface area contributed by atoms with E-state index in [1.807, 2.05) is 4.57 Å². The molecule has 1 aromatic heterocycles. The van der Waals surface area contributed by atoms with Gasteiger partial charge in [0.05, 0.1) is 6.10 Å². The number of rotatable bonds is 5. The molecule has 3 fully saturated rings. The molecule has 1 aromatic rings. The Kier molecular flexibility index (Phi) is 8.23. The van der Waals surface area contributed by atoms with Crippen molar-refractivity contribution in [3.63, 3.8) is 0 Å². The van der Waals surface area contributed by atoms with Crippen molar-refractivity contribution in [3.05, 3.63) is 33.7 Å². The van der Waals surface area contributed by atoms with Gasteiger partial charge < -0.3 is 19.5 Å². The van der Waals surface area contributed by atoms with Gasteiger partial charge in [-0.15, -0.1) is 0 Å². The number of carbonyl (C=O) groups excluding carboxylic acids is 2. The van der Waals surface area contributed by atoms with E-state index < -0.39 is 5.43 Å². The fraction of sp³-hybridized carbons (Fsp3) is 0.731. The van der Waals surface area contributed by atoms with Gasteiger partial charge in [-0.1, -0.05) is 39.0 Å². The standard InChI is InChI=1S/C26H39N3O4/c1-19-11-13-29(14-12-19)26(32)23-18-28(16-21-10-7-15-33-21)17-22(24(23)30)25(31)27-20-8-5-3-2-4-6-9-20/h17-21H,2-16H2,1H3,(H,27,31). The highest BCUT2D eigenvalue weighted by Crippen LogP contribution is 2.20. The third-order valence-electron chi connectivity index (χ3n) is 7.50. The average Bonchev–Trinajstić information content (AvgIpc) is 3.29. The normalized spacial score (nSPS) is 23.2. The molecule has 7 heteroatoms. The number of hydrogen-bond donors (Lipinski definition) is 1. The summed E-state index contributed by atoms with van der Waals surface area (Å²) in [5, 5.41) is 3.11. The second kappa shape index (κ2) is 11.3. The highest BCUT2D eigenvalue weighted by molar-refractivity contribution is 5.99. The second-order valence-electron chi connectivity index (χ2n) is 10.2. The zero-order valence-corrected chi connectivity index (χ0v) is 20.0. The van der Waals surface area contributed by atoms with Crippen molar-refractivity contribution in [1.29, 1.82) is 0 Å². The third-order valence-corrected chi connectivity index (χ3v) is 7.50. The highest BCUT2D eigenvalue weighted by Gasteiger charge is 2.27. The first-order chi connectivity index (χ1) is 16.0. The van der Waals surface area contributed by atoms with Gasteiger partial charge in [0.1, 0.15) is 11.1 Å². The third kappa shape index (κ3) is 6.25. The molecule has 182 valence electrons. The maximum absolute atomic E-state index is 13.4. The van der Waals surface area contributed by atoms with Crippen molar-refractivity contribution in [3.8, 4) is 0 Å². The molecule has 0 spiro atoms. The van der Waals surface area contributed by atoms with Crippen molar-refractivity contribution in [2.75, 3.05) is 19.7 Å². The van der Waals surface area contributed by atoms with Crippen LogP contribution in [0.15, 0.2) is 17.2 Å². The van der Waals surface area contributed by atoms with Crippen LogP contribution in [-0.4, -0.2) is 53.1 Å². The summed E-state index contributed by atoms with van der Waals surface area (Å²) >= 11 is 0. The van der Waals surface area contributed by atoms with Crippen LogP contribution in [0.3, 0.4) is 0 Å². The van der Waals surface area contributed by atoms with Gasteiger partial charge in [-0.2, -0.15) is 0 Å². The van der Waals surface area contributed by atoms with E-state index in [-0.39, 0.29) is 35.1 Å². The molecule has 0 radical (unpaired) electrons. The van der Waals surface area contributed by atoms with Crippen LogP contribution < -0.4 is 10.7 Å². The zero-order chi connectivity index (χ0) is 23.2. The van der Waals surface area contributed by atoms with Gasteiger partial charge in [0.2, 0.25) is 5.43 Å². The molecule has 1 N–H and O–H groups in total. The maximum Gasteiger partial charge on any atom is 0.259 e. The molecule has 1 saturated carbocycles. The first-order valence-electron chi connectivity index (χ1n) is 13.0. The topological polar surface area (TPSA) is 80.6 Å². The number of hydrogen-bond acceptors (Lipinski definition) is 4. The van der Waals surface area contributed by atoms with Crippen molar-refractivity contribution in [2.45, 2.75) is 96.2 Å². The predicted octanol–water partition coefficient (Wildman–Crippen LogP) is 3.74. The molecule has 1 atom stereocenters. The molecular weight excluding hydrogens is 418 g/mol. The van der Waals surface area contributed by atoms with Crippen molar-refractivity contribution < 1.29 is 14.3 Å². The van der Waals surface area contributed by atoms with Gasteiger partial charge in [0.15, 0.2) is 0 Å². The number of nitrogens with one attached hydrogen (secondary N) is 1. The Morgan fingerprint density at radius 3 is 2.27 bits per heavy atom. The number of aromatic nitrogens is 1. The van der Waals surface area contributed by atoms with Gasteiger partial charge in [-0.25, -0.2) is 0 Å². The fourth-order valence-electron chi connectivity index (χ4n) is 5.32. The number of likely N-dealkylation sites (tertiary alicyclic amines) is 1. The molecule has 7 nitrogen and oxygen atoms in total. The quantitative estimate of drug-likeness (QED) is 0.730. The van der Waals surface area contributed by atoms with Crippen LogP contribution in [0.25, 0.3) is 0 Å². The Balaban J connectivity index is 1.58. The molecular formula is C26H39N3O4. The minimum Gasteiger partial charge on any atom is -0.376 e. The maximum atomic E-state index is 13.4. The second-order valence-corrected chi connectivity index (χ2v) is 10.2. The highest BCUT2D eigenvalue weighted by atomic mass is 16.5. The molecule has 3 heterocycles. The largest absolute Gasteiger partial charge is 0.376 e. The minimum atomic E-state index is -0.453. The van der Waals surface area contributed by atoms with Gasteiger partial charge in [0, 0.05) is 44.7 Å². The van der Waals surface area contributed by atoms with Crippen LogP contribution in [0.4, 0.5) is 0 Å². The van der Waals surface area contributed by atoms with E-state index in [1.165, 1.54) is 19.3 Å². The Morgan fingerprint density at radius 1 is 0.939 bits per heavy atom. The summed E-state index contributed by atoms with van der Waals surface area (Å²) in [6.07, 6.45) is 14.9. The lowest BCUT2D eigenvalue weighted by molar-refractivity contribution is 0.0693. The van der Waals surface area contributed by atoms with E-state index in [9.17, 15) is 14.4 Å². The summed E-state index contributed by atoms with van der Waals surface area (Å²) in [7, 11) is 0. The van der Waals surface area contributed by atoms with Crippen LogP contribution in [-0.2, 0) is 11.3 Å². The summed E-state index contributed by atoms with van der Waals surface area (Å²) in [6, 6.07) is 0.0896. The average molecular weight is 458 g/mol. The summed E-state index contributed by atoms with van der Waals surface area (Å²) in [5.41, 5.74) is -0.273. The number of piperidine rings is 1. The lowest BCUT2D eigenvalue weighted by Crippen LogP contribution is -2.43. The monoisotopic (exact) mass is 457 g/mol. The molecule has 3 aliphatic rings. The number of pyridine rings is 1. The summed E-state index contributed by atoms with van der Waals surface area (Å²) < 4.78 is 7.59. The minimum absolute atomic E-state index is 0.0489. The molecule has 2 saturated heterocycles. The van der Waals surface area contributed by atoms with Crippen molar-refractivity contribution >= 4 is 11.8 Å². The molecule has 2 amide bonds. The zero-order valence-electron chi connectivity index (χ0n) is 20.0. The fourth-order valence-corrected chi connectivity index (χ4v) is 5.32.